The zero-order valence-corrected chi connectivity index (χ0v) is 13.2. The molecule has 0 aromatic carbocycles. The highest BCUT2D eigenvalue weighted by atomic mass is 16.5. The summed E-state index contributed by atoms with van der Waals surface area (Å²) in [5.74, 6) is 2.32. The molecule has 0 saturated heterocycles. The zero-order valence-electron chi connectivity index (χ0n) is 13.2. The maximum Gasteiger partial charge on any atom is 0.221 e. The van der Waals surface area contributed by atoms with Crippen LogP contribution in [0.25, 0.3) is 0 Å². The lowest BCUT2D eigenvalue weighted by Crippen LogP contribution is -2.12. The number of aryl methyl sites for hydroxylation is 1. The van der Waals surface area contributed by atoms with Crippen molar-refractivity contribution in [2.24, 2.45) is 0 Å². The van der Waals surface area contributed by atoms with Crippen molar-refractivity contribution in [1.29, 1.82) is 0 Å². The van der Waals surface area contributed by atoms with Crippen LogP contribution < -0.4 is 10.1 Å². The number of hydrogen-bond donors (Lipinski definition) is 1. The fourth-order valence-corrected chi connectivity index (χ4v) is 1.72. The van der Waals surface area contributed by atoms with E-state index in [1.807, 2.05) is 13.8 Å². The van der Waals surface area contributed by atoms with Gasteiger partial charge in [0.15, 0.2) is 0 Å². The molecule has 0 aliphatic rings. The van der Waals surface area contributed by atoms with E-state index >= 15 is 0 Å². The molecule has 5 heteroatoms. The van der Waals surface area contributed by atoms with Crippen molar-refractivity contribution < 1.29 is 9.47 Å². The van der Waals surface area contributed by atoms with Gasteiger partial charge in [-0.2, -0.15) is 4.98 Å². The number of unbranched alkanes of at least 4 members (excludes halogenated alkanes) is 1. The second-order valence-electron chi connectivity index (χ2n) is 4.62. The second kappa shape index (κ2) is 9.53. The van der Waals surface area contributed by atoms with Crippen molar-refractivity contribution in [1.82, 2.24) is 9.97 Å². The number of anilines is 1. The number of ether oxygens (including phenoxy) is 2. The summed E-state index contributed by atoms with van der Waals surface area (Å²) in [6.45, 7) is 11.0. The Labute approximate surface area is 122 Å². The van der Waals surface area contributed by atoms with E-state index in [9.17, 15) is 0 Å². The number of aromatic nitrogens is 2. The summed E-state index contributed by atoms with van der Waals surface area (Å²) < 4.78 is 11.2. The second-order valence-corrected chi connectivity index (χ2v) is 4.62. The molecule has 1 rings (SSSR count). The molecule has 0 saturated carbocycles. The lowest BCUT2D eigenvalue weighted by Gasteiger charge is -2.13. The van der Waals surface area contributed by atoms with Crippen LogP contribution in [0.2, 0.25) is 0 Å². The van der Waals surface area contributed by atoms with Gasteiger partial charge in [-0.15, -0.1) is 0 Å². The topological polar surface area (TPSA) is 56.3 Å². The van der Waals surface area contributed by atoms with Crippen LogP contribution in [0, 0.1) is 6.92 Å². The van der Waals surface area contributed by atoms with Crippen molar-refractivity contribution in [3.05, 3.63) is 11.4 Å². The average molecular weight is 281 g/mol. The third-order valence-corrected chi connectivity index (χ3v) is 2.92. The molecule has 0 bridgehead atoms. The van der Waals surface area contributed by atoms with Gasteiger partial charge in [0.05, 0.1) is 12.2 Å². The Kier molecular flexibility index (Phi) is 7.95. The molecule has 1 aromatic heterocycles. The first-order chi connectivity index (χ1) is 9.72. The Hall–Kier alpha value is -1.36. The van der Waals surface area contributed by atoms with Crippen LogP contribution in [-0.4, -0.2) is 36.3 Å². The van der Waals surface area contributed by atoms with Gasteiger partial charge in [0.1, 0.15) is 18.2 Å². The van der Waals surface area contributed by atoms with Gasteiger partial charge in [0.2, 0.25) is 5.88 Å². The van der Waals surface area contributed by atoms with Gasteiger partial charge in [-0.25, -0.2) is 4.98 Å². The standard InChI is InChI=1S/C15H27N3O2/c1-5-8-9-19-10-11-20-15-12(4)14(16-7-3)17-13(6-2)18-15/h5-11H2,1-4H3,(H,16,17,18). The van der Waals surface area contributed by atoms with E-state index in [0.717, 1.165) is 49.6 Å². The van der Waals surface area contributed by atoms with Gasteiger partial charge in [-0.3, -0.25) is 0 Å². The summed E-state index contributed by atoms with van der Waals surface area (Å²) in [6, 6.07) is 0. The quantitative estimate of drug-likeness (QED) is 0.668. The third kappa shape index (κ3) is 5.33. The monoisotopic (exact) mass is 281 g/mol. The van der Waals surface area contributed by atoms with Crippen molar-refractivity contribution >= 4 is 5.82 Å². The predicted octanol–water partition coefficient (Wildman–Crippen LogP) is 2.97. The summed E-state index contributed by atoms with van der Waals surface area (Å²) in [4.78, 5) is 8.92. The van der Waals surface area contributed by atoms with Crippen molar-refractivity contribution in [3.8, 4) is 5.88 Å². The summed E-state index contributed by atoms with van der Waals surface area (Å²) in [5.41, 5.74) is 0.956. The van der Waals surface area contributed by atoms with Gasteiger partial charge >= 0.3 is 0 Å². The molecule has 0 radical (unpaired) electrons. The lowest BCUT2D eigenvalue weighted by molar-refractivity contribution is 0.0961. The SMILES string of the molecule is CCCCOCCOc1nc(CC)nc(NCC)c1C. The van der Waals surface area contributed by atoms with Crippen molar-refractivity contribution in [2.75, 3.05) is 31.7 Å². The third-order valence-electron chi connectivity index (χ3n) is 2.92. The zero-order chi connectivity index (χ0) is 14.8. The first kappa shape index (κ1) is 16.7. The Balaban J connectivity index is 2.57. The minimum Gasteiger partial charge on any atom is -0.475 e. The molecule has 5 nitrogen and oxygen atoms in total. The van der Waals surface area contributed by atoms with E-state index in [1.165, 1.54) is 0 Å². The minimum atomic E-state index is 0.524. The van der Waals surface area contributed by atoms with Gasteiger partial charge < -0.3 is 14.8 Å². The number of nitrogens with one attached hydrogen (secondary N) is 1. The van der Waals surface area contributed by atoms with E-state index in [2.05, 4.69) is 29.1 Å². The van der Waals surface area contributed by atoms with E-state index < -0.39 is 0 Å². The van der Waals surface area contributed by atoms with E-state index in [4.69, 9.17) is 9.47 Å². The molecular weight excluding hydrogens is 254 g/mol. The molecule has 0 atom stereocenters. The highest BCUT2D eigenvalue weighted by Crippen LogP contribution is 2.22. The molecule has 20 heavy (non-hydrogen) atoms. The van der Waals surface area contributed by atoms with Crippen molar-refractivity contribution in [3.63, 3.8) is 0 Å². The largest absolute Gasteiger partial charge is 0.475 e. The number of hydrogen-bond acceptors (Lipinski definition) is 5. The van der Waals surface area contributed by atoms with E-state index in [0.29, 0.717) is 19.1 Å². The van der Waals surface area contributed by atoms with Gasteiger partial charge in [0.25, 0.3) is 0 Å². The fraction of sp³-hybridized carbons (Fsp3) is 0.733. The highest BCUT2D eigenvalue weighted by Gasteiger charge is 2.10. The van der Waals surface area contributed by atoms with Gasteiger partial charge in [0, 0.05) is 19.6 Å². The summed E-state index contributed by atoms with van der Waals surface area (Å²) in [5, 5.41) is 3.25. The lowest BCUT2D eigenvalue weighted by atomic mass is 10.3. The van der Waals surface area contributed by atoms with Gasteiger partial charge in [-0.05, 0) is 20.3 Å². The first-order valence-electron chi connectivity index (χ1n) is 7.54. The maximum absolute atomic E-state index is 5.73. The minimum absolute atomic E-state index is 0.524. The molecule has 0 spiro atoms. The summed E-state index contributed by atoms with van der Waals surface area (Å²) in [6.07, 6.45) is 3.04. The summed E-state index contributed by atoms with van der Waals surface area (Å²) >= 11 is 0. The van der Waals surface area contributed by atoms with Crippen LogP contribution in [0.1, 0.15) is 45.0 Å². The smallest absolute Gasteiger partial charge is 0.221 e. The van der Waals surface area contributed by atoms with Crippen LogP contribution in [0.5, 0.6) is 5.88 Å². The van der Waals surface area contributed by atoms with E-state index in [1.54, 1.807) is 0 Å². The molecule has 1 aromatic rings. The first-order valence-corrected chi connectivity index (χ1v) is 7.54. The fourth-order valence-electron chi connectivity index (χ4n) is 1.72. The van der Waals surface area contributed by atoms with Crippen LogP contribution in [0.4, 0.5) is 5.82 Å². The van der Waals surface area contributed by atoms with Crippen LogP contribution in [0.15, 0.2) is 0 Å². The predicted molar refractivity (Wildman–Crippen MR) is 81.5 cm³/mol. The molecule has 1 heterocycles. The Bertz CT molecular complexity index is 397. The summed E-state index contributed by atoms with van der Waals surface area (Å²) in [7, 11) is 0. The Morgan fingerprint density at radius 1 is 1.05 bits per heavy atom. The van der Waals surface area contributed by atoms with Crippen molar-refractivity contribution in [2.45, 2.75) is 47.0 Å². The normalized spacial score (nSPS) is 10.6. The number of rotatable bonds is 10. The molecule has 1 N–H and O–H groups in total. The average Bonchev–Trinajstić information content (AvgIpc) is 2.46. The Morgan fingerprint density at radius 3 is 2.50 bits per heavy atom. The van der Waals surface area contributed by atoms with Crippen LogP contribution in [-0.2, 0) is 11.2 Å². The van der Waals surface area contributed by atoms with Gasteiger partial charge in [-0.1, -0.05) is 20.3 Å². The molecular formula is C15H27N3O2. The molecule has 114 valence electrons. The number of nitrogens with zero attached hydrogens (tertiary/aromatic N) is 2. The van der Waals surface area contributed by atoms with E-state index in [-0.39, 0.29) is 0 Å². The molecule has 0 amide bonds. The molecule has 0 aliphatic heterocycles. The maximum atomic E-state index is 5.73. The van der Waals surface area contributed by atoms with Crippen LogP contribution >= 0.6 is 0 Å². The van der Waals surface area contributed by atoms with Crippen LogP contribution in [0.3, 0.4) is 0 Å². The molecule has 0 fully saturated rings. The highest BCUT2D eigenvalue weighted by molar-refractivity contribution is 5.48. The molecule has 0 aliphatic carbocycles. The Morgan fingerprint density at radius 2 is 1.85 bits per heavy atom. The molecule has 0 unspecified atom stereocenters.